The molecule has 0 unspecified atom stereocenters. The molecule has 110 valence electrons. The molecule has 0 aromatic carbocycles. The fourth-order valence-corrected chi connectivity index (χ4v) is 2.71. The van der Waals surface area contributed by atoms with Crippen molar-refractivity contribution in [1.29, 1.82) is 0 Å². The van der Waals surface area contributed by atoms with E-state index in [0.29, 0.717) is 29.8 Å². The van der Waals surface area contributed by atoms with Gasteiger partial charge in [-0.3, -0.25) is 4.79 Å². The molecule has 0 bridgehead atoms. The highest BCUT2D eigenvalue weighted by molar-refractivity contribution is 6.31. The minimum atomic E-state index is 0.0121. The molecule has 0 atom stereocenters. The second-order valence-electron chi connectivity index (χ2n) is 4.98. The molecule has 2 aromatic heterocycles. The monoisotopic (exact) mass is 305 g/mol. The van der Waals surface area contributed by atoms with Crippen LogP contribution in [0.1, 0.15) is 10.5 Å². The van der Waals surface area contributed by atoms with Crippen molar-refractivity contribution in [3.8, 4) is 0 Å². The molecule has 0 spiro atoms. The highest BCUT2D eigenvalue weighted by atomic mass is 35.5. The van der Waals surface area contributed by atoms with Crippen LogP contribution in [0, 0.1) is 0 Å². The number of aromatic nitrogens is 3. The van der Waals surface area contributed by atoms with Crippen LogP contribution in [0.15, 0.2) is 30.7 Å². The van der Waals surface area contributed by atoms with Gasteiger partial charge in [0.05, 0.1) is 5.02 Å². The lowest BCUT2D eigenvalue weighted by Gasteiger charge is -2.34. The molecule has 3 heterocycles. The first-order valence-corrected chi connectivity index (χ1v) is 7.16. The molecule has 7 heteroatoms. The fourth-order valence-electron chi connectivity index (χ4n) is 2.46. The van der Waals surface area contributed by atoms with E-state index in [1.807, 2.05) is 11.9 Å². The Morgan fingerprint density at radius 2 is 1.86 bits per heavy atom. The van der Waals surface area contributed by atoms with E-state index >= 15 is 0 Å². The van der Waals surface area contributed by atoms with Crippen molar-refractivity contribution in [1.82, 2.24) is 19.4 Å². The van der Waals surface area contributed by atoms with Gasteiger partial charge in [0.15, 0.2) is 0 Å². The Balaban J connectivity index is 1.66. The van der Waals surface area contributed by atoms with Gasteiger partial charge in [-0.15, -0.1) is 0 Å². The molecule has 0 saturated carbocycles. The number of carbonyl (C=O) groups is 1. The van der Waals surface area contributed by atoms with E-state index < -0.39 is 0 Å². The Labute approximate surface area is 128 Å². The quantitative estimate of drug-likeness (QED) is 0.842. The van der Waals surface area contributed by atoms with Crippen LogP contribution in [0.3, 0.4) is 0 Å². The van der Waals surface area contributed by atoms with Gasteiger partial charge in [-0.2, -0.15) is 0 Å². The number of anilines is 1. The van der Waals surface area contributed by atoms with Crippen molar-refractivity contribution in [2.75, 3.05) is 31.1 Å². The van der Waals surface area contributed by atoms with E-state index in [2.05, 4.69) is 14.9 Å². The van der Waals surface area contributed by atoms with Crippen LogP contribution in [-0.2, 0) is 7.05 Å². The lowest BCUT2D eigenvalue weighted by atomic mass is 10.3. The van der Waals surface area contributed by atoms with Crippen molar-refractivity contribution >= 4 is 23.5 Å². The summed E-state index contributed by atoms with van der Waals surface area (Å²) in [5.74, 6) is 0.726. The summed E-state index contributed by atoms with van der Waals surface area (Å²) in [7, 11) is 1.83. The van der Waals surface area contributed by atoms with E-state index in [4.69, 9.17) is 11.6 Å². The van der Waals surface area contributed by atoms with E-state index in [-0.39, 0.29) is 5.91 Å². The van der Waals surface area contributed by atoms with E-state index in [0.717, 1.165) is 13.1 Å². The Bertz CT molecular complexity index is 634. The summed E-state index contributed by atoms with van der Waals surface area (Å²) >= 11 is 5.94. The van der Waals surface area contributed by atoms with Gasteiger partial charge < -0.3 is 14.4 Å². The number of aryl methyl sites for hydroxylation is 1. The first-order valence-electron chi connectivity index (χ1n) is 6.78. The lowest BCUT2D eigenvalue weighted by Crippen LogP contribution is -2.49. The molecule has 0 aliphatic carbocycles. The SMILES string of the molecule is Cn1cc(Cl)cc1C(=O)N1CCN(c2ncccn2)CC1. The number of piperazine rings is 1. The highest BCUT2D eigenvalue weighted by Gasteiger charge is 2.24. The molecule has 1 fully saturated rings. The van der Waals surface area contributed by atoms with Crippen molar-refractivity contribution in [2.24, 2.45) is 7.05 Å². The molecule has 1 amide bonds. The predicted octanol–water partition coefficient (Wildman–Crippen LogP) is 1.43. The molecule has 21 heavy (non-hydrogen) atoms. The minimum absolute atomic E-state index is 0.0121. The van der Waals surface area contributed by atoms with Gasteiger partial charge in [0, 0.05) is 51.8 Å². The summed E-state index contributed by atoms with van der Waals surface area (Å²) in [5.41, 5.74) is 0.615. The number of hydrogen-bond donors (Lipinski definition) is 0. The Kier molecular flexibility index (Phi) is 3.79. The Morgan fingerprint density at radius 3 is 2.43 bits per heavy atom. The van der Waals surface area contributed by atoms with Gasteiger partial charge in [-0.1, -0.05) is 11.6 Å². The first kappa shape index (κ1) is 13.9. The third-order valence-corrected chi connectivity index (χ3v) is 3.80. The maximum Gasteiger partial charge on any atom is 0.270 e. The first-order chi connectivity index (χ1) is 10.1. The zero-order chi connectivity index (χ0) is 14.8. The number of hydrogen-bond acceptors (Lipinski definition) is 4. The van der Waals surface area contributed by atoms with Crippen molar-refractivity contribution in [3.05, 3.63) is 41.4 Å². The normalized spacial score (nSPS) is 15.3. The highest BCUT2D eigenvalue weighted by Crippen LogP contribution is 2.16. The van der Waals surface area contributed by atoms with Crippen LogP contribution >= 0.6 is 11.6 Å². The van der Waals surface area contributed by atoms with Gasteiger partial charge in [0.2, 0.25) is 5.95 Å². The number of carbonyl (C=O) groups excluding carboxylic acids is 1. The van der Waals surface area contributed by atoms with E-state index in [1.54, 1.807) is 35.3 Å². The molecule has 1 aliphatic rings. The fraction of sp³-hybridized carbons (Fsp3) is 0.357. The third kappa shape index (κ3) is 2.85. The van der Waals surface area contributed by atoms with Crippen LogP contribution in [0.25, 0.3) is 0 Å². The second kappa shape index (κ2) is 5.73. The maximum atomic E-state index is 12.5. The third-order valence-electron chi connectivity index (χ3n) is 3.59. The summed E-state index contributed by atoms with van der Waals surface area (Å²) in [6.45, 7) is 2.77. The van der Waals surface area contributed by atoms with Gasteiger partial charge in [-0.25, -0.2) is 9.97 Å². The summed E-state index contributed by atoms with van der Waals surface area (Å²) in [4.78, 5) is 24.9. The number of rotatable bonds is 2. The Hall–Kier alpha value is -2.08. The number of nitrogens with zero attached hydrogens (tertiary/aromatic N) is 5. The van der Waals surface area contributed by atoms with Crippen molar-refractivity contribution < 1.29 is 4.79 Å². The smallest absolute Gasteiger partial charge is 0.270 e. The zero-order valence-corrected chi connectivity index (χ0v) is 12.5. The van der Waals surface area contributed by atoms with Crippen LogP contribution in [0.5, 0.6) is 0 Å². The molecule has 2 aromatic rings. The topological polar surface area (TPSA) is 54.3 Å². The number of amides is 1. The molecule has 0 N–H and O–H groups in total. The molecule has 6 nitrogen and oxygen atoms in total. The standard InChI is InChI=1S/C14H16ClN5O/c1-18-10-11(15)9-12(18)13(21)19-5-7-20(8-6-19)14-16-3-2-4-17-14/h2-4,9-10H,5-8H2,1H3. The summed E-state index contributed by atoms with van der Waals surface area (Å²) in [6, 6.07) is 3.50. The van der Waals surface area contributed by atoms with Gasteiger partial charge in [0.25, 0.3) is 5.91 Å². The zero-order valence-electron chi connectivity index (χ0n) is 11.7. The molecule has 1 saturated heterocycles. The molecule has 0 radical (unpaired) electrons. The molecular formula is C14H16ClN5O. The summed E-state index contributed by atoms with van der Waals surface area (Å²) in [5, 5.41) is 0.581. The van der Waals surface area contributed by atoms with Crippen LogP contribution in [0.4, 0.5) is 5.95 Å². The largest absolute Gasteiger partial charge is 0.345 e. The molecule has 3 rings (SSSR count). The van der Waals surface area contributed by atoms with Crippen LogP contribution in [0.2, 0.25) is 5.02 Å². The van der Waals surface area contributed by atoms with Crippen molar-refractivity contribution in [2.45, 2.75) is 0 Å². The predicted molar refractivity (Wildman–Crippen MR) is 80.6 cm³/mol. The Morgan fingerprint density at radius 1 is 1.19 bits per heavy atom. The summed E-state index contributed by atoms with van der Waals surface area (Å²) in [6.07, 6.45) is 5.19. The van der Waals surface area contributed by atoms with Crippen molar-refractivity contribution in [3.63, 3.8) is 0 Å². The molecule has 1 aliphatic heterocycles. The van der Waals surface area contributed by atoms with E-state index in [1.165, 1.54) is 0 Å². The molecular weight excluding hydrogens is 290 g/mol. The van der Waals surface area contributed by atoms with Crippen LogP contribution < -0.4 is 4.90 Å². The van der Waals surface area contributed by atoms with Gasteiger partial charge >= 0.3 is 0 Å². The average Bonchev–Trinajstić information content (AvgIpc) is 2.86. The summed E-state index contributed by atoms with van der Waals surface area (Å²) < 4.78 is 1.76. The van der Waals surface area contributed by atoms with Gasteiger partial charge in [-0.05, 0) is 12.1 Å². The number of halogens is 1. The van der Waals surface area contributed by atoms with E-state index in [9.17, 15) is 4.79 Å². The minimum Gasteiger partial charge on any atom is -0.345 e. The average molecular weight is 306 g/mol. The lowest BCUT2D eigenvalue weighted by molar-refractivity contribution is 0.0736. The van der Waals surface area contributed by atoms with Gasteiger partial charge in [0.1, 0.15) is 5.69 Å². The maximum absolute atomic E-state index is 12.5. The second-order valence-corrected chi connectivity index (χ2v) is 5.42. The van der Waals surface area contributed by atoms with Crippen LogP contribution in [-0.4, -0.2) is 51.5 Å².